The molecule has 0 aliphatic heterocycles. The molecule has 0 saturated carbocycles. The molecule has 5 aromatic rings. The van der Waals surface area contributed by atoms with Crippen molar-refractivity contribution in [2.45, 2.75) is 13.0 Å². The van der Waals surface area contributed by atoms with E-state index < -0.39 is 0 Å². The Morgan fingerprint density at radius 1 is 1.03 bits per heavy atom. The number of anilines is 1. The van der Waals surface area contributed by atoms with Gasteiger partial charge < -0.3 is 10.3 Å². The van der Waals surface area contributed by atoms with Crippen molar-refractivity contribution in [1.29, 1.82) is 0 Å². The van der Waals surface area contributed by atoms with Gasteiger partial charge in [0, 0.05) is 16.5 Å². The molecule has 0 aliphatic rings. The van der Waals surface area contributed by atoms with Crippen LogP contribution >= 0.6 is 11.6 Å². The number of hydrogen-bond donors (Lipinski definition) is 2. The molecule has 30 heavy (non-hydrogen) atoms. The molecule has 148 valence electrons. The minimum absolute atomic E-state index is 0.200. The number of rotatable bonds is 4. The number of benzene rings is 2. The first-order chi connectivity index (χ1) is 14.6. The average molecular weight is 419 g/mol. The molecule has 0 aliphatic carbocycles. The summed E-state index contributed by atoms with van der Waals surface area (Å²) in [5, 5.41) is 4.84. The van der Waals surface area contributed by atoms with E-state index in [9.17, 15) is 4.39 Å². The van der Waals surface area contributed by atoms with Crippen molar-refractivity contribution in [2.24, 2.45) is 0 Å². The normalized spacial score (nSPS) is 12.4. The molecule has 8 heteroatoms. The third kappa shape index (κ3) is 3.23. The molecule has 3 aromatic heterocycles. The molecule has 2 aromatic carbocycles. The van der Waals surface area contributed by atoms with E-state index in [1.165, 1.54) is 18.5 Å². The number of pyridine rings is 1. The monoisotopic (exact) mass is 418 g/mol. The highest BCUT2D eigenvalue weighted by Crippen LogP contribution is 2.34. The molecule has 1 unspecified atom stereocenters. The predicted molar refractivity (Wildman–Crippen MR) is 116 cm³/mol. The summed E-state index contributed by atoms with van der Waals surface area (Å²) in [6.45, 7) is 2.00. The number of para-hydroxylation sites is 1. The summed E-state index contributed by atoms with van der Waals surface area (Å²) in [7, 11) is 0. The van der Waals surface area contributed by atoms with Crippen molar-refractivity contribution in [3.63, 3.8) is 0 Å². The maximum Gasteiger partial charge on any atom is 0.162 e. The molecule has 5 rings (SSSR count). The molecule has 0 fully saturated rings. The second-order valence-corrected chi connectivity index (χ2v) is 7.34. The SMILES string of the molecule is CC(Nc1ncnc2[nH]cnc12)c1cc2cccc(Cl)c2nc1-c1cccc(F)c1. The molecule has 0 radical (unpaired) electrons. The largest absolute Gasteiger partial charge is 0.362 e. The zero-order valence-electron chi connectivity index (χ0n) is 15.9. The number of aromatic nitrogens is 5. The van der Waals surface area contributed by atoms with Crippen LogP contribution < -0.4 is 5.32 Å². The number of aromatic amines is 1. The van der Waals surface area contributed by atoms with Crippen LogP contribution in [0.15, 0.2) is 61.2 Å². The van der Waals surface area contributed by atoms with Crippen LogP contribution in [0.5, 0.6) is 0 Å². The lowest BCUT2D eigenvalue weighted by molar-refractivity contribution is 0.628. The van der Waals surface area contributed by atoms with Crippen LogP contribution in [-0.4, -0.2) is 24.9 Å². The quantitative estimate of drug-likeness (QED) is 0.401. The van der Waals surface area contributed by atoms with E-state index in [0.717, 1.165) is 10.9 Å². The van der Waals surface area contributed by atoms with Crippen molar-refractivity contribution in [3.05, 3.63) is 77.6 Å². The lowest BCUT2D eigenvalue weighted by atomic mass is 9.98. The first kappa shape index (κ1) is 18.4. The summed E-state index contributed by atoms with van der Waals surface area (Å²) in [6.07, 6.45) is 3.05. The summed E-state index contributed by atoms with van der Waals surface area (Å²) < 4.78 is 14.0. The number of imidazole rings is 1. The van der Waals surface area contributed by atoms with Crippen molar-refractivity contribution < 1.29 is 4.39 Å². The van der Waals surface area contributed by atoms with Crippen LogP contribution in [0.3, 0.4) is 0 Å². The molecule has 2 N–H and O–H groups in total. The van der Waals surface area contributed by atoms with Gasteiger partial charge in [-0.1, -0.05) is 35.9 Å². The van der Waals surface area contributed by atoms with Crippen molar-refractivity contribution in [3.8, 4) is 11.3 Å². The zero-order chi connectivity index (χ0) is 20.7. The van der Waals surface area contributed by atoms with E-state index >= 15 is 0 Å². The van der Waals surface area contributed by atoms with Crippen LogP contribution in [0.1, 0.15) is 18.5 Å². The van der Waals surface area contributed by atoms with Crippen LogP contribution in [-0.2, 0) is 0 Å². The molecule has 0 amide bonds. The minimum atomic E-state index is -0.325. The van der Waals surface area contributed by atoms with Gasteiger partial charge in [-0.15, -0.1) is 0 Å². The fourth-order valence-corrected chi connectivity index (χ4v) is 3.75. The fourth-order valence-electron chi connectivity index (χ4n) is 3.53. The maximum absolute atomic E-state index is 14.0. The zero-order valence-corrected chi connectivity index (χ0v) is 16.7. The van der Waals surface area contributed by atoms with Gasteiger partial charge in [-0.2, -0.15) is 0 Å². The molecule has 6 nitrogen and oxygen atoms in total. The highest BCUT2D eigenvalue weighted by molar-refractivity contribution is 6.35. The lowest BCUT2D eigenvalue weighted by Crippen LogP contribution is -2.11. The minimum Gasteiger partial charge on any atom is -0.362 e. The molecule has 0 bridgehead atoms. The number of fused-ring (bicyclic) bond motifs is 2. The molecular formula is C22H16ClFN6. The Hall–Kier alpha value is -3.58. The third-order valence-electron chi connectivity index (χ3n) is 4.96. The van der Waals surface area contributed by atoms with Gasteiger partial charge in [-0.25, -0.2) is 24.3 Å². The highest BCUT2D eigenvalue weighted by atomic mass is 35.5. The summed E-state index contributed by atoms with van der Waals surface area (Å²) in [6, 6.07) is 13.8. The van der Waals surface area contributed by atoms with Crippen LogP contribution in [0.2, 0.25) is 5.02 Å². The number of halogens is 2. The van der Waals surface area contributed by atoms with E-state index in [-0.39, 0.29) is 11.9 Å². The number of H-pyrrole nitrogens is 1. The van der Waals surface area contributed by atoms with E-state index in [4.69, 9.17) is 16.6 Å². The first-order valence-electron chi connectivity index (χ1n) is 9.36. The van der Waals surface area contributed by atoms with Gasteiger partial charge in [0.15, 0.2) is 11.5 Å². The van der Waals surface area contributed by atoms with E-state index in [1.54, 1.807) is 18.5 Å². The Kier molecular flexibility index (Phi) is 4.52. The van der Waals surface area contributed by atoms with Gasteiger partial charge in [0.2, 0.25) is 0 Å². The van der Waals surface area contributed by atoms with Crippen LogP contribution in [0.4, 0.5) is 10.2 Å². The Balaban J connectivity index is 1.66. The summed E-state index contributed by atoms with van der Waals surface area (Å²) >= 11 is 6.38. The number of hydrogen-bond acceptors (Lipinski definition) is 5. The number of nitrogens with one attached hydrogen (secondary N) is 2. The Morgan fingerprint density at radius 2 is 1.90 bits per heavy atom. The van der Waals surface area contributed by atoms with E-state index in [2.05, 4.69) is 25.3 Å². The first-order valence-corrected chi connectivity index (χ1v) is 9.73. The van der Waals surface area contributed by atoms with Gasteiger partial charge >= 0.3 is 0 Å². The summed E-state index contributed by atoms with van der Waals surface area (Å²) in [5.74, 6) is 0.277. The lowest BCUT2D eigenvalue weighted by Gasteiger charge is -2.19. The van der Waals surface area contributed by atoms with Gasteiger partial charge in [0.05, 0.1) is 28.6 Å². The van der Waals surface area contributed by atoms with Crippen molar-refractivity contribution >= 4 is 39.5 Å². The molecule has 3 heterocycles. The van der Waals surface area contributed by atoms with E-state index in [0.29, 0.717) is 38.8 Å². The second kappa shape index (κ2) is 7.35. The molecule has 0 spiro atoms. The molecular weight excluding hydrogens is 403 g/mol. The number of nitrogens with zero attached hydrogens (tertiary/aromatic N) is 4. The predicted octanol–water partition coefficient (Wildman–Crippen LogP) is 5.53. The second-order valence-electron chi connectivity index (χ2n) is 6.94. The van der Waals surface area contributed by atoms with Crippen LogP contribution in [0, 0.1) is 5.82 Å². The van der Waals surface area contributed by atoms with Crippen molar-refractivity contribution in [1.82, 2.24) is 24.9 Å². The maximum atomic E-state index is 14.0. The van der Waals surface area contributed by atoms with Crippen molar-refractivity contribution in [2.75, 3.05) is 5.32 Å². The summed E-state index contributed by atoms with van der Waals surface area (Å²) in [4.78, 5) is 20.6. The third-order valence-corrected chi connectivity index (χ3v) is 5.27. The molecule has 1 atom stereocenters. The average Bonchev–Trinajstić information content (AvgIpc) is 3.23. The summed E-state index contributed by atoms with van der Waals surface area (Å²) in [5.41, 5.74) is 4.18. The highest BCUT2D eigenvalue weighted by Gasteiger charge is 2.18. The smallest absolute Gasteiger partial charge is 0.162 e. The van der Waals surface area contributed by atoms with Gasteiger partial charge in [-0.3, -0.25) is 0 Å². The van der Waals surface area contributed by atoms with Gasteiger partial charge in [-0.05, 0) is 31.2 Å². The topological polar surface area (TPSA) is 79.4 Å². The Labute approximate surface area is 176 Å². The standard InChI is InChI=1S/C22H16ClFN6/c1-12(29-22-20-21(26-10-25-20)27-11-28-22)16-9-14-5-3-7-17(23)19(14)30-18(16)13-4-2-6-15(24)8-13/h2-12H,1H3,(H2,25,26,27,28,29). The Bertz CT molecular complexity index is 1380. The van der Waals surface area contributed by atoms with E-state index in [1.807, 2.05) is 31.2 Å². The Morgan fingerprint density at radius 3 is 2.77 bits per heavy atom. The van der Waals surface area contributed by atoms with Crippen LogP contribution in [0.25, 0.3) is 33.3 Å². The fraction of sp³-hybridized carbons (Fsp3) is 0.0909. The molecule has 0 saturated heterocycles. The van der Waals surface area contributed by atoms with Gasteiger partial charge in [0.1, 0.15) is 17.7 Å². The van der Waals surface area contributed by atoms with Gasteiger partial charge in [0.25, 0.3) is 0 Å².